The van der Waals surface area contributed by atoms with E-state index in [1.807, 2.05) is 0 Å². The predicted octanol–water partition coefficient (Wildman–Crippen LogP) is 12.7. The molecule has 1 heterocycles. The van der Waals surface area contributed by atoms with Gasteiger partial charge in [0, 0.05) is 13.0 Å². The fraction of sp³-hybridized carbons (Fsp3) is 0.667. The van der Waals surface area contributed by atoms with Gasteiger partial charge < -0.3 is 34.3 Å². The highest BCUT2D eigenvalue weighted by Gasteiger charge is 2.48. The van der Waals surface area contributed by atoms with Crippen molar-refractivity contribution in [3.05, 3.63) is 109 Å². The SMILES string of the molecule is CC/C=C\C/C=C\C/C=C\C/C=C\C/C=C\CCCCCCCCCCOCC(COC1OC(CO)C(O)C(OS(=O)(=O)O)C1O)OC(=O)CCCCCCCC/C=C\C/C=C\C/C=C\C/C=C\CC. The maximum absolute atomic E-state index is 12.9. The topological polar surface area (TPSA) is 178 Å². The normalized spacial score (nSPS) is 20.0. The van der Waals surface area contributed by atoms with Crippen LogP contribution in [0.4, 0.5) is 0 Å². The van der Waals surface area contributed by atoms with Crippen LogP contribution in [-0.4, -0.2) is 97.5 Å². The molecule has 0 saturated carbocycles. The van der Waals surface area contributed by atoms with Gasteiger partial charge in [-0.2, -0.15) is 8.42 Å². The number of carbonyl (C=O) groups excluding carboxylic acids is 1. The minimum Gasteiger partial charge on any atom is -0.457 e. The highest BCUT2D eigenvalue weighted by atomic mass is 32.3. The molecule has 0 bridgehead atoms. The van der Waals surface area contributed by atoms with Gasteiger partial charge in [-0.05, 0) is 96.3 Å². The molecule has 400 valence electrons. The fourth-order valence-corrected chi connectivity index (χ4v) is 7.96. The van der Waals surface area contributed by atoms with Crippen molar-refractivity contribution in [1.82, 2.24) is 0 Å². The number of carbonyl (C=O) groups is 1. The van der Waals surface area contributed by atoms with Crippen LogP contribution in [0.25, 0.3) is 0 Å². The van der Waals surface area contributed by atoms with Gasteiger partial charge in [-0.15, -0.1) is 0 Å². The van der Waals surface area contributed by atoms with E-state index in [0.29, 0.717) is 13.0 Å². The van der Waals surface area contributed by atoms with E-state index in [4.69, 9.17) is 18.9 Å². The third kappa shape index (κ3) is 39.4. The zero-order valence-electron chi connectivity index (χ0n) is 43.0. The van der Waals surface area contributed by atoms with E-state index in [-0.39, 0.29) is 19.6 Å². The molecule has 4 N–H and O–H groups in total. The Hall–Kier alpha value is -3.24. The molecule has 1 aliphatic heterocycles. The number of hydrogen-bond acceptors (Lipinski definition) is 11. The molecule has 1 fully saturated rings. The summed E-state index contributed by atoms with van der Waals surface area (Å²) in [6, 6.07) is 0. The Morgan fingerprint density at radius 3 is 1.37 bits per heavy atom. The summed E-state index contributed by atoms with van der Waals surface area (Å²) >= 11 is 0. The zero-order chi connectivity index (χ0) is 51.0. The highest BCUT2D eigenvalue weighted by molar-refractivity contribution is 7.80. The summed E-state index contributed by atoms with van der Waals surface area (Å²) in [5.41, 5.74) is 0. The lowest BCUT2D eigenvalue weighted by Crippen LogP contribution is -2.60. The summed E-state index contributed by atoms with van der Waals surface area (Å²) in [6.45, 7) is 3.72. The molecule has 0 aliphatic carbocycles. The second-order valence-corrected chi connectivity index (χ2v) is 18.7. The quantitative estimate of drug-likeness (QED) is 0.0197. The minimum absolute atomic E-state index is 0.0166. The Balaban J connectivity index is 2.37. The molecule has 0 amide bonds. The minimum atomic E-state index is -5.08. The lowest BCUT2D eigenvalue weighted by Gasteiger charge is -2.41. The van der Waals surface area contributed by atoms with Crippen molar-refractivity contribution in [2.45, 2.75) is 218 Å². The summed E-state index contributed by atoms with van der Waals surface area (Å²) in [7, 11) is -5.08. The van der Waals surface area contributed by atoms with E-state index in [2.05, 4.69) is 127 Å². The first-order valence-electron chi connectivity index (χ1n) is 26.6. The van der Waals surface area contributed by atoms with Crippen molar-refractivity contribution in [2.75, 3.05) is 26.4 Å². The van der Waals surface area contributed by atoms with Crippen LogP contribution in [0.3, 0.4) is 0 Å². The Morgan fingerprint density at radius 1 is 0.543 bits per heavy atom. The summed E-state index contributed by atoms with van der Waals surface area (Å²) in [5, 5.41) is 30.8. The lowest BCUT2D eigenvalue weighted by molar-refractivity contribution is -0.301. The van der Waals surface area contributed by atoms with Gasteiger partial charge in [-0.3, -0.25) is 9.35 Å². The first kappa shape index (κ1) is 64.8. The van der Waals surface area contributed by atoms with Gasteiger partial charge in [0.2, 0.25) is 0 Å². The smallest absolute Gasteiger partial charge is 0.397 e. The van der Waals surface area contributed by atoms with Gasteiger partial charge in [0.1, 0.15) is 30.5 Å². The summed E-state index contributed by atoms with van der Waals surface area (Å²) in [4.78, 5) is 12.9. The average Bonchev–Trinajstić information content (AvgIpc) is 3.34. The molecular weight excluding hydrogens is 909 g/mol. The first-order valence-corrected chi connectivity index (χ1v) is 28.0. The van der Waals surface area contributed by atoms with E-state index in [0.717, 1.165) is 128 Å². The number of ether oxygens (including phenoxy) is 4. The van der Waals surface area contributed by atoms with Crippen LogP contribution >= 0.6 is 0 Å². The Bertz CT molecular complexity index is 1630. The first-order chi connectivity index (χ1) is 34.1. The van der Waals surface area contributed by atoms with Crippen LogP contribution < -0.4 is 0 Å². The van der Waals surface area contributed by atoms with E-state index < -0.39 is 59.8 Å². The van der Waals surface area contributed by atoms with Crippen molar-refractivity contribution in [1.29, 1.82) is 0 Å². The number of unbranched alkanes of at least 4 members (excludes halogenated alkanes) is 14. The maximum Gasteiger partial charge on any atom is 0.397 e. The molecule has 1 rings (SSSR count). The molecule has 1 saturated heterocycles. The van der Waals surface area contributed by atoms with Crippen LogP contribution in [-0.2, 0) is 38.3 Å². The van der Waals surface area contributed by atoms with Crippen LogP contribution in [0, 0.1) is 0 Å². The molecule has 0 spiro atoms. The van der Waals surface area contributed by atoms with Crippen LogP contribution in [0.5, 0.6) is 0 Å². The molecule has 70 heavy (non-hydrogen) atoms. The summed E-state index contributed by atoms with van der Waals surface area (Å²) in [6.07, 6.45) is 56.8. The number of aliphatic hydroxyl groups is 3. The average molecular weight is 1000 g/mol. The molecule has 6 unspecified atom stereocenters. The Labute approximate surface area is 424 Å². The second-order valence-electron chi connectivity index (χ2n) is 17.7. The van der Waals surface area contributed by atoms with E-state index in [9.17, 15) is 33.1 Å². The standard InChI is InChI=1S/C57H94O12S/c1-3-5-7-9-11-13-15-17-19-21-23-24-25-26-27-29-31-33-35-37-39-41-43-45-47-65-49-51(50-66-57-55(61)56(69-70(62,63)64)54(60)52(48-58)68-57)67-53(59)46-44-42-40-38-36-34-32-30-28-22-20-18-16-14-12-10-8-6-4-2/h5-8,11-14,17-20,23-24,26-28,30,51-52,54-58,60-61H,3-4,9-10,15-16,21-22,25,29,31-50H2,1-2H3,(H,62,63,64)/b7-5-,8-6-,13-11-,14-12-,19-17-,20-18-,24-23-,27-26-,30-28-. The third-order valence-corrected chi connectivity index (χ3v) is 11.9. The van der Waals surface area contributed by atoms with E-state index >= 15 is 0 Å². The number of hydrogen-bond donors (Lipinski definition) is 4. The lowest BCUT2D eigenvalue weighted by atomic mass is 9.99. The van der Waals surface area contributed by atoms with Crippen LogP contribution in [0.1, 0.15) is 181 Å². The van der Waals surface area contributed by atoms with Crippen molar-refractivity contribution in [3.63, 3.8) is 0 Å². The second kappa shape index (κ2) is 46.8. The fourth-order valence-electron chi connectivity index (χ4n) is 7.45. The molecule has 0 aromatic heterocycles. The van der Waals surface area contributed by atoms with Gasteiger partial charge in [0.05, 0.1) is 19.8 Å². The number of esters is 1. The Morgan fingerprint density at radius 2 is 0.943 bits per heavy atom. The Kier molecular flexibility index (Phi) is 43.3. The highest BCUT2D eigenvalue weighted by Crippen LogP contribution is 2.26. The van der Waals surface area contributed by atoms with Crippen LogP contribution in [0.2, 0.25) is 0 Å². The molecule has 0 aromatic rings. The molecule has 12 nitrogen and oxygen atoms in total. The van der Waals surface area contributed by atoms with Gasteiger partial charge in [-0.25, -0.2) is 4.18 Å². The van der Waals surface area contributed by atoms with Gasteiger partial charge in [-0.1, -0.05) is 187 Å². The van der Waals surface area contributed by atoms with Gasteiger partial charge >= 0.3 is 16.4 Å². The van der Waals surface area contributed by atoms with E-state index in [1.165, 1.54) is 25.7 Å². The van der Waals surface area contributed by atoms with E-state index in [1.54, 1.807) is 0 Å². The molecule has 13 heteroatoms. The summed E-state index contributed by atoms with van der Waals surface area (Å²) < 4.78 is 59.3. The monoisotopic (exact) mass is 1000 g/mol. The maximum atomic E-state index is 12.9. The molecule has 0 aromatic carbocycles. The van der Waals surface area contributed by atoms with Crippen LogP contribution in [0.15, 0.2) is 109 Å². The van der Waals surface area contributed by atoms with Crippen molar-refractivity contribution >= 4 is 16.4 Å². The zero-order valence-corrected chi connectivity index (χ0v) is 43.8. The number of aliphatic hydroxyl groups excluding tert-OH is 3. The van der Waals surface area contributed by atoms with Crippen molar-refractivity contribution in [2.24, 2.45) is 0 Å². The predicted molar refractivity (Wildman–Crippen MR) is 284 cm³/mol. The molecular formula is C57H94O12S. The summed E-state index contributed by atoms with van der Waals surface area (Å²) in [5.74, 6) is -0.421. The molecule has 0 radical (unpaired) electrons. The van der Waals surface area contributed by atoms with Gasteiger partial charge in [0.15, 0.2) is 6.29 Å². The third-order valence-electron chi connectivity index (χ3n) is 11.4. The number of rotatable bonds is 45. The molecule has 1 aliphatic rings. The largest absolute Gasteiger partial charge is 0.457 e. The van der Waals surface area contributed by atoms with Crippen molar-refractivity contribution < 1.29 is 56.2 Å². The number of allylic oxidation sites excluding steroid dienone is 18. The van der Waals surface area contributed by atoms with Crippen molar-refractivity contribution in [3.8, 4) is 0 Å². The molecule has 6 atom stereocenters. The van der Waals surface area contributed by atoms with Gasteiger partial charge in [0.25, 0.3) is 0 Å².